The van der Waals surface area contributed by atoms with Gasteiger partial charge in [-0.1, -0.05) is 69.2 Å². The van der Waals surface area contributed by atoms with Crippen LogP contribution in [0.15, 0.2) is 0 Å². The summed E-state index contributed by atoms with van der Waals surface area (Å²) in [5.74, 6) is 0. The molecule has 0 aromatic heterocycles. The summed E-state index contributed by atoms with van der Waals surface area (Å²) in [6.07, 6.45) is 0. The maximum Gasteiger partial charge on any atom is 0.0854 e. The first-order valence-electron chi connectivity index (χ1n) is 9.60. The Balaban J connectivity index is 0. The van der Waals surface area contributed by atoms with Gasteiger partial charge in [-0.25, -0.2) is 16.8 Å². The number of sulfonamides is 2. The molecule has 0 N–H and O–H groups in total. The predicted molar refractivity (Wildman–Crippen MR) is 127 cm³/mol. The smallest absolute Gasteiger partial charge is 0.0854 e. The zero-order chi connectivity index (χ0) is 26.7. The average molecular weight is 562 g/mol. The van der Waals surface area contributed by atoms with E-state index in [4.69, 9.17) is 0 Å². The largest absolute Gasteiger partial charge is 0.436 e. The van der Waals surface area contributed by atoms with Crippen molar-refractivity contribution < 1.29 is 42.1 Å². The molecule has 0 spiro atoms. The monoisotopic (exact) mass is 561 g/mol. The lowest BCUT2D eigenvalue weighted by atomic mass is 10.6. The van der Waals surface area contributed by atoms with Gasteiger partial charge in [0.05, 0.1) is 49.6 Å². The van der Waals surface area contributed by atoms with Crippen molar-refractivity contribution in [3.05, 3.63) is 8.04 Å². The molecule has 0 fully saturated rings. The van der Waals surface area contributed by atoms with Crippen molar-refractivity contribution in [2.24, 2.45) is 0 Å². The normalized spacial score (nSPS) is 14.5. The Kier molecular flexibility index (Phi) is 12.1. The summed E-state index contributed by atoms with van der Waals surface area (Å²) in [5.41, 5.74) is 0. The Bertz CT molecular complexity index is 1020. The Morgan fingerprint density at radius 1 is 0.406 bits per heavy atom. The molecule has 0 aromatic carbocycles. The number of nitrogens with zero attached hydrogens (tertiary/aromatic N) is 1. The summed E-state index contributed by atoms with van der Waals surface area (Å²) in [6.45, 7) is 13.0. The lowest BCUT2D eigenvalue weighted by Gasteiger charge is -2.34. The minimum absolute atomic E-state index is 0.805. The highest BCUT2D eigenvalue weighted by Crippen LogP contribution is 2.34. The third kappa shape index (κ3) is 8.49. The summed E-state index contributed by atoms with van der Waals surface area (Å²) in [4.78, 5) is 0. The maximum atomic E-state index is 12.1. The second-order valence-electron chi connectivity index (χ2n) is 8.23. The third-order valence-corrected chi connectivity index (χ3v) is 17.3. The van der Waals surface area contributed by atoms with Crippen LogP contribution in [0.25, 0.3) is 4.13 Å². The fourth-order valence-corrected chi connectivity index (χ4v) is 12.4. The van der Waals surface area contributed by atoms with Crippen LogP contribution < -0.4 is 0 Å². The van der Waals surface area contributed by atoms with Crippen LogP contribution in [0.3, 0.4) is 0 Å². The number of sulfone groups is 3. The lowest BCUT2D eigenvalue weighted by molar-refractivity contribution is 0.572. The van der Waals surface area contributed by atoms with Gasteiger partial charge in [0, 0.05) is 30.2 Å². The van der Waals surface area contributed by atoms with Gasteiger partial charge in [-0.15, -0.1) is 0 Å². The Labute approximate surface area is 194 Å². The van der Waals surface area contributed by atoms with E-state index in [2.05, 4.69) is 4.13 Å². The predicted octanol–water partition coefficient (Wildman–Crippen LogP) is 1.74. The molecule has 32 heavy (non-hydrogen) atoms. The van der Waals surface area contributed by atoms with Gasteiger partial charge in [0.25, 0.3) is 0 Å². The molecule has 196 valence electrons. The first-order valence-corrected chi connectivity index (χ1v) is 17.2. The van der Waals surface area contributed by atoms with Gasteiger partial charge in [0.2, 0.25) is 0 Å². The van der Waals surface area contributed by atoms with Gasteiger partial charge in [0.1, 0.15) is 0 Å². The molecule has 0 aliphatic heterocycles. The molecule has 0 heterocycles. The van der Waals surface area contributed by atoms with E-state index in [1.807, 2.05) is 0 Å². The summed E-state index contributed by atoms with van der Waals surface area (Å²) < 4.78 is 119. The molecule has 0 unspecified atom stereocenters. The molecule has 0 aliphatic carbocycles. The van der Waals surface area contributed by atoms with E-state index in [0.717, 1.165) is 0 Å². The molecule has 0 aliphatic rings. The molecule has 0 saturated carbocycles. The highest BCUT2D eigenvalue weighted by Gasteiger charge is 2.39. The first kappa shape index (κ1) is 33.9. The van der Waals surface area contributed by atoms with Crippen molar-refractivity contribution >= 4 is 49.6 Å². The van der Waals surface area contributed by atoms with E-state index >= 15 is 0 Å². The van der Waals surface area contributed by atoms with Crippen molar-refractivity contribution in [2.45, 2.75) is 95.5 Å². The van der Waals surface area contributed by atoms with E-state index in [1.54, 1.807) is 0 Å². The fourth-order valence-electron chi connectivity index (χ4n) is 1.38. The van der Waals surface area contributed by atoms with Crippen LogP contribution >= 0.6 is 0 Å². The van der Waals surface area contributed by atoms with Gasteiger partial charge in [-0.3, -0.25) is 25.3 Å². The summed E-state index contributed by atoms with van der Waals surface area (Å²) in [7, 11) is -20.9. The van der Waals surface area contributed by atoms with Crippen LogP contribution in [-0.2, 0) is 49.6 Å². The topological polar surface area (TPSA) is 185 Å². The summed E-state index contributed by atoms with van der Waals surface area (Å²) >= 11 is 0. The van der Waals surface area contributed by atoms with Crippen LogP contribution in [-0.4, -0.2) is 68.3 Å². The van der Waals surface area contributed by atoms with E-state index in [-0.39, 0.29) is 0 Å². The van der Waals surface area contributed by atoms with Crippen molar-refractivity contribution in [3.63, 3.8) is 0 Å². The summed E-state index contributed by atoms with van der Waals surface area (Å²) in [6, 6.07) is 0. The molecule has 0 amide bonds. The van der Waals surface area contributed by atoms with Crippen LogP contribution in [0.1, 0.15) is 69.2 Å². The Morgan fingerprint density at radius 2 is 0.594 bits per heavy atom. The number of hydrogen-bond acceptors (Lipinski definition) is 10. The van der Waals surface area contributed by atoms with E-state index in [0.29, 0.717) is 0 Å². The second kappa shape index (κ2) is 11.4. The molecule has 0 atom stereocenters. The zero-order valence-corrected chi connectivity index (χ0v) is 24.0. The van der Waals surface area contributed by atoms with E-state index in [9.17, 15) is 42.1 Å². The molecule has 0 aromatic rings. The van der Waals surface area contributed by atoms with Crippen LogP contribution in [0, 0.1) is 3.91 Å². The lowest BCUT2D eigenvalue weighted by Crippen LogP contribution is -2.40. The first-order chi connectivity index (χ1) is 13.8. The zero-order valence-electron chi connectivity index (χ0n) is 20.0. The standard InChI is InChI=1S/C10H21O6S3.C6H14NO4S2/c1-7(2)17(11,12)10(18(13,14)8(3)4)19(15,16)9(5)6;1-5(2)12(8,9)7-13(10,11)6(3)4/h7-9H,1-6H3;5-6H,1-4H3/q2*-1. The number of rotatable bonds is 10. The molecule has 0 rings (SSSR count). The van der Waals surface area contributed by atoms with Gasteiger partial charge in [-0.05, 0) is 0 Å². The molecule has 11 nitrogen and oxygen atoms in total. The van der Waals surface area contributed by atoms with Gasteiger partial charge < -0.3 is 4.13 Å². The summed E-state index contributed by atoms with van der Waals surface area (Å²) in [5, 5.41) is -4.97. The third-order valence-electron chi connectivity index (χ3n) is 3.96. The quantitative estimate of drug-likeness (QED) is 0.356. The van der Waals surface area contributed by atoms with E-state index < -0.39 is 79.7 Å². The SMILES string of the molecule is CC(C)S(=O)(=O)[C-](S(=O)(=O)C(C)C)S(=O)(=O)C(C)C.CC(C)S(=O)(=O)[N-]S(=O)(=O)C(C)C. The molecule has 16 heteroatoms. The highest BCUT2D eigenvalue weighted by molar-refractivity contribution is 8.29. The van der Waals surface area contributed by atoms with Crippen LogP contribution in [0.4, 0.5) is 0 Å². The Morgan fingerprint density at radius 3 is 0.719 bits per heavy atom. The van der Waals surface area contributed by atoms with Gasteiger partial charge >= 0.3 is 0 Å². The van der Waals surface area contributed by atoms with Crippen molar-refractivity contribution in [3.8, 4) is 0 Å². The average Bonchev–Trinajstić information content (AvgIpc) is 2.52. The fraction of sp³-hybridized carbons (Fsp3) is 0.938. The second-order valence-corrected chi connectivity index (χ2v) is 20.9. The molecule has 0 saturated heterocycles. The van der Waals surface area contributed by atoms with Gasteiger partial charge in [0.15, 0.2) is 0 Å². The molecular weight excluding hydrogens is 527 g/mol. The minimum Gasteiger partial charge on any atom is -0.436 e. The van der Waals surface area contributed by atoms with Crippen LogP contribution in [0.5, 0.6) is 0 Å². The van der Waals surface area contributed by atoms with Crippen molar-refractivity contribution in [1.29, 1.82) is 0 Å². The number of hydrogen-bond donors (Lipinski definition) is 0. The minimum atomic E-state index is -4.40. The molecular formula is C16H35NO10S5-2. The van der Waals surface area contributed by atoms with Crippen LogP contribution in [0.2, 0.25) is 0 Å². The highest BCUT2D eigenvalue weighted by atomic mass is 32.3. The molecule has 0 radical (unpaired) electrons. The maximum absolute atomic E-state index is 12.1. The van der Waals surface area contributed by atoms with Crippen molar-refractivity contribution in [1.82, 2.24) is 0 Å². The van der Waals surface area contributed by atoms with Gasteiger partial charge in [-0.2, -0.15) is 0 Å². The van der Waals surface area contributed by atoms with Crippen molar-refractivity contribution in [2.75, 3.05) is 0 Å². The Hall–Kier alpha value is -0.290. The molecule has 0 bridgehead atoms. The van der Waals surface area contributed by atoms with E-state index in [1.165, 1.54) is 69.2 Å².